The Morgan fingerprint density at radius 2 is 2.25 bits per heavy atom. The van der Waals surface area contributed by atoms with Crippen molar-refractivity contribution in [1.29, 1.82) is 0 Å². The zero-order valence-corrected chi connectivity index (χ0v) is 12.4. The first-order chi connectivity index (χ1) is 9.70. The summed E-state index contributed by atoms with van der Waals surface area (Å²) in [5.74, 6) is 0.759. The summed E-state index contributed by atoms with van der Waals surface area (Å²) >= 11 is 1.64. The Hall–Kier alpha value is -1.59. The Labute approximate surface area is 123 Å². The molecule has 0 aliphatic rings. The molecule has 2 rings (SSSR count). The number of rotatable bonds is 7. The quantitative estimate of drug-likeness (QED) is 0.853. The molecule has 5 heteroatoms. The fourth-order valence-electron chi connectivity index (χ4n) is 2.06. The normalized spacial score (nSPS) is 12.3. The summed E-state index contributed by atoms with van der Waals surface area (Å²) in [5.41, 5.74) is 5.97. The summed E-state index contributed by atoms with van der Waals surface area (Å²) < 4.78 is 5.34. The molecule has 1 atom stereocenters. The van der Waals surface area contributed by atoms with Crippen LogP contribution in [0, 0.1) is 0 Å². The molecule has 2 heterocycles. The first-order valence-electron chi connectivity index (χ1n) is 6.79. The van der Waals surface area contributed by atoms with Gasteiger partial charge < -0.3 is 15.1 Å². The van der Waals surface area contributed by atoms with Crippen LogP contribution in [0.4, 0.5) is 0 Å². The van der Waals surface area contributed by atoms with Crippen LogP contribution in [0.3, 0.4) is 0 Å². The van der Waals surface area contributed by atoms with Gasteiger partial charge in [-0.3, -0.25) is 4.79 Å². The number of nitrogens with zero attached hydrogens (tertiary/aromatic N) is 1. The maximum atomic E-state index is 12.4. The predicted molar refractivity (Wildman–Crippen MR) is 80.2 cm³/mol. The second kappa shape index (κ2) is 7.26. The van der Waals surface area contributed by atoms with E-state index in [1.54, 1.807) is 22.5 Å². The molecule has 0 aliphatic heterocycles. The van der Waals surface area contributed by atoms with E-state index in [0.29, 0.717) is 19.5 Å². The van der Waals surface area contributed by atoms with Crippen molar-refractivity contribution in [3.8, 4) is 0 Å². The first kappa shape index (κ1) is 14.8. The molecule has 2 aromatic heterocycles. The number of thiophene rings is 1. The summed E-state index contributed by atoms with van der Waals surface area (Å²) in [6.45, 7) is 3.07. The minimum absolute atomic E-state index is 0.0170. The fourth-order valence-corrected chi connectivity index (χ4v) is 2.78. The van der Waals surface area contributed by atoms with Crippen molar-refractivity contribution in [1.82, 2.24) is 4.90 Å². The molecule has 0 saturated heterocycles. The van der Waals surface area contributed by atoms with Gasteiger partial charge in [-0.15, -0.1) is 11.3 Å². The minimum atomic E-state index is -0.435. The van der Waals surface area contributed by atoms with Gasteiger partial charge in [-0.05, 0) is 30.0 Å². The number of amides is 1. The van der Waals surface area contributed by atoms with E-state index < -0.39 is 6.04 Å². The fraction of sp³-hybridized carbons (Fsp3) is 0.400. The molecular weight excluding hydrogens is 272 g/mol. The van der Waals surface area contributed by atoms with Gasteiger partial charge in [0.1, 0.15) is 5.76 Å². The number of nitrogens with two attached hydrogens (primary N) is 1. The molecule has 0 radical (unpaired) electrons. The maximum Gasteiger partial charge on any atom is 0.240 e. The Bertz CT molecular complexity index is 472. The molecule has 20 heavy (non-hydrogen) atoms. The maximum absolute atomic E-state index is 12.4. The largest absolute Gasteiger partial charge is 0.467 e. The molecule has 0 aliphatic carbocycles. The third-order valence-corrected chi connectivity index (χ3v) is 3.94. The van der Waals surface area contributed by atoms with E-state index in [2.05, 4.69) is 0 Å². The number of furan rings is 1. The number of carbonyl (C=O) groups is 1. The standard InChI is InChI=1S/C15H20N2O2S/c1-2-5-14(16)15(18)17(10-12-6-3-8-19-12)11-13-7-4-9-20-13/h3-4,6-9,14H,2,5,10-11,16H2,1H3/t14-/m1/s1. The molecule has 2 N–H and O–H groups in total. The smallest absolute Gasteiger partial charge is 0.240 e. The Morgan fingerprint density at radius 1 is 1.40 bits per heavy atom. The van der Waals surface area contributed by atoms with E-state index in [0.717, 1.165) is 17.1 Å². The molecule has 0 fully saturated rings. The van der Waals surface area contributed by atoms with Crippen LogP contribution in [-0.2, 0) is 17.9 Å². The van der Waals surface area contributed by atoms with E-state index in [4.69, 9.17) is 10.2 Å². The van der Waals surface area contributed by atoms with Gasteiger partial charge in [0.25, 0.3) is 0 Å². The average Bonchev–Trinajstić information content (AvgIpc) is 3.10. The highest BCUT2D eigenvalue weighted by atomic mass is 32.1. The molecule has 108 valence electrons. The Kier molecular flexibility index (Phi) is 5.38. The summed E-state index contributed by atoms with van der Waals surface area (Å²) in [4.78, 5) is 15.4. The highest BCUT2D eigenvalue weighted by molar-refractivity contribution is 7.09. The monoisotopic (exact) mass is 292 g/mol. The molecule has 1 amide bonds. The van der Waals surface area contributed by atoms with Crippen LogP contribution in [0.5, 0.6) is 0 Å². The zero-order valence-electron chi connectivity index (χ0n) is 11.6. The zero-order chi connectivity index (χ0) is 14.4. The lowest BCUT2D eigenvalue weighted by atomic mass is 10.1. The van der Waals surface area contributed by atoms with Gasteiger partial charge in [0.05, 0.1) is 25.4 Å². The van der Waals surface area contributed by atoms with Gasteiger partial charge in [0.15, 0.2) is 0 Å². The van der Waals surface area contributed by atoms with Gasteiger partial charge in [0.2, 0.25) is 5.91 Å². The minimum Gasteiger partial charge on any atom is -0.467 e. The summed E-state index contributed by atoms with van der Waals surface area (Å²) in [6, 6.07) is 7.28. The molecule has 4 nitrogen and oxygen atoms in total. The van der Waals surface area contributed by atoms with Crippen LogP contribution in [0.15, 0.2) is 40.3 Å². The number of hydrogen-bond donors (Lipinski definition) is 1. The van der Waals surface area contributed by atoms with Gasteiger partial charge in [0, 0.05) is 4.88 Å². The van der Waals surface area contributed by atoms with Crippen molar-refractivity contribution < 1.29 is 9.21 Å². The van der Waals surface area contributed by atoms with Crippen LogP contribution in [0.25, 0.3) is 0 Å². The molecule has 0 bridgehead atoms. The Morgan fingerprint density at radius 3 is 2.85 bits per heavy atom. The van der Waals surface area contributed by atoms with Crippen LogP contribution in [0.1, 0.15) is 30.4 Å². The van der Waals surface area contributed by atoms with Gasteiger partial charge in [-0.1, -0.05) is 19.4 Å². The highest BCUT2D eigenvalue weighted by Gasteiger charge is 2.21. The lowest BCUT2D eigenvalue weighted by Crippen LogP contribution is -2.42. The van der Waals surface area contributed by atoms with E-state index in [1.165, 1.54) is 0 Å². The highest BCUT2D eigenvalue weighted by Crippen LogP contribution is 2.16. The van der Waals surface area contributed by atoms with Crippen LogP contribution in [0.2, 0.25) is 0 Å². The van der Waals surface area contributed by atoms with Crippen molar-refractivity contribution in [3.63, 3.8) is 0 Å². The number of carbonyl (C=O) groups excluding carboxylic acids is 1. The van der Waals surface area contributed by atoms with Crippen molar-refractivity contribution >= 4 is 17.2 Å². The van der Waals surface area contributed by atoms with Crippen molar-refractivity contribution in [2.45, 2.75) is 38.9 Å². The van der Waals surface area contributed by atoms with Crippen molar-refractivity contribution in [2.24, 2.45) is 5.73 Å². The van der Waals surface area contributed by atoms with E-state index in [1.807, 2.05) is 36.6 Å². The third-order valence-electron chi connectivity index (χ3n) is 3.08. The third kappa shape index (κ3) is 3.95. The first-order valence-corrected chi connectivity index (χ1v) is 7.67. The van der Waals surface area contributed by atoms with Crippen LogP contribution >= 0.6 is 11.3 Å². The average molecular weight is 292 g/mol. The van der Waals surface area contributed by atoms with Crippen LogP contribution < -0.4 is 5.73 Å². The molecule has 2 aromatic rings. The van der Waals surface area contributed by atoms with Crippen LogP contribution in [-0.4, -0.2) is 16.8 Å². The second-order valence-corrected chi connectivity index (χ2v) is 5.78. The molecular formula is C15H20N2O2S. The topological polar surface area (TPSA) is 59.5 Å². The lowest BCUT2D eigenvalue weighted by molar-refractivity contribution is -0.134. The molecule has 0 spiro atoms. The predicted octanol–water partition coefficient (Wildman–Crippen LogP) is 3.00. The molecule has 0 unspecified atom stereocenters. The molecule has 0 aromatic carbocycles. The SMILES string of the molecule is CCC[C@@H](N)C(=O)N(Cc1ccco1)Cc1cccs1. The summed E-state index contributed by atoms with van der Waals surface area (Å²) in [6.07, 6.45) is 3.23. The molecule has 0 saturated carbocycles. The van der Waals surface area contributed by atoms with E-state index in [9.17, 15) is 4.79 Å². The van der Waals surface area contributed by atoms with Gasteiger partial charge in [-0.2, -0.15) is 0 Å². The van der Waals surface area contributed by atoms with E-state index in [-0.39, 0.29) is 5.91 Å². The van der Waals surface area contributed by atoms with E-state index >= 15 is 0 Å². The van der Waals surface area contributed by atoms with Gasteiger partial charge in [-0.25, -0.2) is 0 Å². The summed E-state index contributed by atoms with van der Waals surface area (Å²) in [5, 5.41) is 2.01. The Balaban J connectivity index is 2.08. The number of hydrogen-bond acceptors (Lipinski definition) is 4. The second-order valence-electron chi connectivity index (χ2n) is 4.75. The lowest BCUT2D eigenvalue weighted by Gasteiger charge is -2.24. The summed E-state index contributed by atoms with van der Waals surface area (Å²) in [7, 11) is 0. The van der Waals surface area contributed by atoms with Gasteiger partial charge >= 0.3 is 0 Å². The van der Waals surface area contributed by atoms with Crippen molar-refractivity contribution in [3.05, 3.63) is 46.5 Å². The van der Waals surface area contributed by atoms with Crippen molar-refractivity contribution in [2.75, 3.05) is 0 Å².